The number of nitrogens with zero attached hydrogens (tertiary/aromatic N) is 6. The molecule has 1 saturated carbocycles. The van der Waals surface area contributed by atoms with Gasteiger partial charge in [-0.15, -0.1) is 10.2 Å². The fourth-order valence-electron chi connectivity index (χ4n) is 3.89. The van der Waals surface area contributed by atoms with Crippen molar-refractivity contribution >= 4 is 11.9 Å². The maximum absolute atomic E-state index is 12.4. The number of carbonyl (C=O) groups is 1. The molecule has 0 spiro atoms. The topological polar surface area (TPSA) is 57.5 Å². The van der Waals surface area contributed by atoms with E-state index in [0.717, 1.165) is 70.3 Å². The minimum atomic E-state index is 0.302. The number of amides is 1. The van der Waals surface area contributed by atoms with Gasteiger partial charge in [-0.2, -0.15) is 0 Å². The summed E-state index contributed by atoms with van der Waals surface area (Å²) in [5, 5.41) is 8.84. The molecule has 0 bridgehead atoms. The minimum Gasteiger partial charge on any atom is -0.342 e. The zero-order valence-corrected chi connectivity index (χ0v) is 14.7. The molecule has 3 heterocycles. The van der Waals surface area contributed by atoms with Gasteiger partial charge < -0.3 is 14.4 Å². The number of aromatic nitrogens is 3. The molecule has 24 heavy (non-hydrogen) atoms. The van der Waals surface area contributed by atoms with Crippen LogP contribution < -0.4 is 4.90 Å². The van der Waals surface area contributed by atoms with E-state index in [9.17, 15) is 4.79 Å². The summed E-state index contributed by atoms with van der Waals surface area (Å²) in [7, 11) is 2.09. The van der Waals surface area contributed by atoms with Crippen LogP contribution in [0.25, 0.3) is 0 Å². The van der Waals surface area contributed by atoms with E-state index in [0.29, 0.717) is 18.4 Å². The second-order valence-electron chi connectivity index (χ2n) is 7.40. The van der Waals surface area contributed by atoms with Crippen molar-refractivity contribution in [1.82, 2.24) is 24.6 Å². The molecule has 132 valence electrons. The van der Waals surface area contributed by atoms with Gasteiger partial charge in [0, 0.05) is 52.2 Å². The molecule has 0 aromatic carbocycles. The molecular weight excluding hydrogens is 304 g/mol. The molecule has 0 atom stereocenters. The van der Waals surface area contributed by atoms with Crippen LogP contribution in [-0.2, 0) is 11.8 Å². The van der Waals surface area contributed by atoms with Crippen LogP contribution in [0.3, 0.4) is 0 Å². The van der Waals surface area contributed by atoms with Gasteiger partial charge in [0.1, 0.15) is 5.82 Å². The van der Waals surface area contributed by atoms with Crippen molar-refractivity contribution in [2.24, 2.45) is 7.05 Å². The molecule has 0 radical (unpaired) electrons. The number of hydrogen-bond donors (Lipinski definition) is 0. The molecular formula is C17H28N6O. The van der Waals surface area contributed by atoms with Crippen LogP contribution >= 0.6 is 0 Å². The first-order chi connectivity index (χ1) is 11.7. The first-order valence-electron chi connectivity index (χ1n) is 9.37. The number of rotatable bonds is 4. The van der Waals surface area contributed by atoms with Crippen LogP contribution in [0.5, 0.6) is 0 Å². The molecule has 4 rings (SSSR count). The van der Waals surface area contributed by atoms with Gasteiger partial charge in [0.05, 0.1) is 6.54 Å². The van der Waals surface area contributed by atoms with Crippen LogP contribution in [0, 0.1) is 0 Å². The molecule has 1 aromatic rings. The maximum Gasteiger partial charge on any atom is 0.236 e. The summed E-state index contributed by atoms with van der Waals surface area (Å²) in [6, 6.07) is 0. The Morgan fingerprint density at radius 2 is 1.79 bits per heavy atom. The Balaban J connectivity index is 1.35. The van der Waals surface area contributed by atoms with Gasteiger partial charge in [-0.3, -0.25) is 9.69 Å². The van der Waals surface area contributed by atoms with E-state index in [4.69, 9.17) is 0 Å². The number of anilines is 1. The summed E-state index contributed by atoms with van der Waals surface area (Å²) in [4.78, 5) is 19.0. The summed E-state index contributed by atoms with van der Waals surface area (Å²) in [6.45, 7) is 6.28. The maximum atomic E-state index is 12.4. The molecule has 1 aliphatic carbocycles. The van der Waals surface area contributed by atoms with Crippen molar-refractivity contribution in [3.05, 3.63) is 5.82 Å². The van der Waals surface area contributed by atoms with Gasteiger partial charge in [-0.25, -0.2) is 0 Å². The average Bonchev–Trinajstić information content (AvgIpc) is 3.20. The Morgan fingerprint density at radius 1 is 1.00 bits per heavy atom. The third-order valence-electron chi connectivity index (χ3n) is 5.52. The Kier molecular flexibility index (Phi) is 4.43. The summed E-state index contributed by atoms with van der Waals surface area (Å²) >= 11 is 0. The Bertz CT molecular complexity index is 590. The molecule has 0 N–H and O–H groups in total. The van der Waals surface area contributed by atoms with Gasteiger partial charge in [0.2, 0.25) is 11.9 Å². The third-order valence-corrected chi connectivity index (χ3v) is 5.52. The van der Waals surface area contributed by atoms with Crippen molar-refractivity contribution in [2.45, 2.75) is 38.0 Å². The van der Waals surface area contributed by atoms with Gasteiger partial charge in [-0.05, 0) is 32.1 Å². The summed E-state index contributed by atoms with van der Waals surface area (Å²) in [5.41, 5.74) is 0. The molecule has 0 unspecified atom stereocenters. The van der Waals surface area contributed by atoms with Crippen LogP contribution in [0.15, 0.2) is 0 Å². The fourth-order valence-corrected chi connectivity index (χ4v) is 3.89. The van der Waals surface area contributed by atoms with Crippen molar-refractivity contribution in [3.8, 4) is 0 Å². The van der Waals surface area contributed by atoms with Gasteiger partial charge >= 0.3 is 0 Å². The molecule has 1 aromatic heterocycles. The second-order valence-corrected chi connectivity index (χ2v) is 7.40. The standard InChI is InChI=1S/C17H28N6O/c1-20-16(14-5-6-14)18-19-17(20)23-10-4-7-21(11-12-23)13-15(24)22-8-2-3-9-22/h14H,2-13H2,1H3. The largest absolute Gasteiger partial charge is 0.342 e. The highest BCUT2D eigenvalue weighted by Gasteiger charge is 2.31. The number of hydrogen-bond acceptors (Lipinski definition) is 5. The van der Waals surface area contributed by atoms with Crippen molar-refractivity contribution < 1.29 is 4.79 Å². The molecule has 7 nitrogen and oxygen atoms in total. The first-order valence-corrected chi connectivity index (χ1v) is 9.37. The lowest BCUT2D eigenvalue weighted by Gasteiger charge is -2.24. The van der Waals surface area contributed by atoms with E-state index in [-0.39, 0.29) is 0 Å². The van der Waals surface area contributed by atoms with Crippen molar-refractivity contribution in [3.63, 3.8) is 0 Å². The zero-order valence-electron chi connectivity index (χ0n) is 14.7. The Morgan fingerprint density at radius 3 is 2.54 bits per heavy atom. The third kappa shape index (κ3) is 3.27. The van der Waals surface area contributed by atoms with E-state index in [1.165, 1.54) is 12.8 Å². The molecule has 2 aliphatic heterocycles. The zero-order chi connectivity index (χ0) is 16.5. The summed E-state index contributed by atoms with van der Waals surface area (Å²) in [5.74, 6) is 3.05. The van der Waals surface area contributed by atoms with Crippen LogP contribution in [0.4, 0.5) is 5.95 Å². The highest BCUT2D eigenvalue weighted by Crippen LogP contribution is 2.39. The van der Waals surface area contributed by atoms with E-state index < -0.39 is 0 Å². The lowest BCUT2D eigenvalue weighted by molar-refractivity contribution is -0.131. The van der Waals surface area contributed by atoms with Gasteiger partial charge in [0.15, 0.2) is 0 Å². The molecule has 1 amide bonds. The lowest BCUT2D eigenvalue weighted by atomic mass is 10.3. The summed E-state index contributed by atoms with van der Waals surface area (Å²) in [6.07, 6.45) is 5.89. The average molecular weight is 332 g/mol. The molecule has 2 saturated heterocycles. The monoisotopic (exact) mass is 332 g/mol. The smallest absolute Gasteiger partial charge is 0.236 e. The highest BCUT2D eigenvalue weighted by molar-refractivity contribution is 5.78. The first kappa shape index (κ1) is 15.9. The molecule has 3 fully saturated rings. The molecule has 7 heteroatoms. The van der Waals surface area contributed by atoms with Crippen LogP contribution in [0.1, 0.15) is 43.8 Å². The van der Waals surface area contributed by atoms with E-state index in [1.54, 1.807) is 0 Å². The van der Waals surface area contributed by atoms with Gasteiger partial charge in [0.25, 0.3) is 0 Å². The van der Waals surface area contributed by atoms with E-state index in [1.807, 2.05) is 4.90 Å². The highest BCUT2D eigenvalue weighted by atomic mass is 16.2. The van der Waals surface area contributed by atoms with Crippen LogP contribution in [-0.4, -0.2) is 76.3 Å². The van der Waals surface area contributed by atoms with Crippen LogP contribution in [0.2, 0.25) is 0 Å². The van der Waals surface area contributed by atoms with Crippen molar-refractivity contribution in [1.29, 1.82) is 0 Å². The fraction of sp³-hybridized carbons (Fsp3) is 0.824. The normalized spacial score (nSPS) is 22.9. The van der Waals surface area contributed by atoms with E-state index in [2.05, 4.69) is 31.6 Å². The predicted molar refractivity (Wildman–Crippen MR) is 92.1 cm³/mol. The van der Waals surface area contributed by atoms with Crippen molar-refractivity contribution in [2.75, 3.05) is 50.7 Å². The predicted octanol–water partition coefficient (Wildman–Crippen LogP) is 0.827. The lowest BCUT2D eigenvalue weighted by Crippen LogP contribution is -2.40. The Labute approximate surface area is 143 Å². The van der Waals surface area contributed by atoms with E-state index >= 15 is 0 Å². The Hall–Kier alpha value is -1.63. The van der Waals surface area contributed by atoms with Gasteiger partial charge in [-0.1, -0.05) is 0 Å². The second kappa shape index (κ2) is 6.70. The number of likely N-dealkylation sites (tertiary alicyclic amines) is 1. The summed E-state index contributed by atoms with van der Waals surface area (Å²) < 4.78 is 2.17. The number of carbonyl (C=O) groups excluding carboxylic acids is 1. The minimum absolute atomic E-state index is 0.302. The quantitative estimate of drug-likeness (QED) is 0.817. The molecule has 3 aliphatic rings. The SMILES string of the molecule is Cn1c(C2CC2)nnc1N1CCCN(CC(=O)N2CCCC2)CC1.